The molecule has 0 atom stereocenters. The van der Waals surface area contributed by atoms with Gasteiger partial charge in [0.25, 0.3) is 0 Å². The second kappa shape index (κ2) is 16.5. The van der Waals surface area contributed by atoms with Crippen LogP contribution in [0.15, 0.2) is 259 Å². The van der Waals surface area contributed by atoms with E-state index in [0.717, 1.165) is 55.7 Å². The maximum Gasteiger partial charge on any atom is 0.143 e. The summed E-state index contributed by atoms with van der Waals surface area (Å²) in [5, 5.41) is 4.80. The predicted octanol–water partition coefficient (Wildman–Crippen LogP) is 19.1. The third-order valence-corrected chi connectivity index (χ3v) is 15.2. The summed E-state index contributed by atoms with van der Waals surface area (Å²) in [6.45, 7) is 4.77. The van der Waals surface area contributed by atoms with E-state index in [1.807, 2.05) is 12.1 Å². The first-order chi connectivity index (χ1) is 35.5. The van der Waals surface area contributed by atoms with Crippen LogP contribution in [0.2, 0.25) is 0 Å². The third-order valence-electron chi connectivity index (χ3n) is 15.2. The molecule has 0 fully saturated rings. The molecule has 0 amide bonds. The quantitative estimate of drug-likeness (QED) is 0.151. The average Bonchev–Trinajstić information content (AvgIpc) is 4.07. The van der Waals surface area contributed by atoms with Crippen molar-refractivity contribution in [1.82, 2.24) is 4.57 Å². The van der Waals surface area contributed by atoms with Crippen LogP contribution in [-0.4, -0.2) is 4.57 Å². The summed E-state index contributed by atoms with van der Waals surface area (Å²) in [6.07, 6.45) is 0. The lowest BCUT2D eigenvalue weighted by Gasteiger charge is -2.28. The summed E-state index contributed by atoms with van der Waals surface area (Å²) in [4.78, 5) is 2.41. The smallest absolute Gasteiger partial charge is 0.143 e. The molecule has 0 bridgehead atoms. The third kappa shape index (κ3) is 6.58. The van der Waals surface area contributed by atoms with E-state index in [1.165, 1.54) is 77.6 Å². The Kier molecular flexibility index (Phi) is 9.56. The highest BCUT2D eigenvalue weighted by Crippen LogP contribution is 2.52. The van der Waals surface area contributed by atoms with Crippen LogP contribution < -0.4 is 4.90 Å². The van der Waals surface area contributed by atoms with Crippen molar-refractivity contribution >= 4 is 60.8 Å². The summed E-state index contributed by atoms with van der Waals surface area (Å²) >= 11 is 0. The highest BCUT2D eigenvalue weighted by molar-refractivity contribution is 6.16. The number of rotatable bonds is 8. The maximum absolute atomic E-state index is 6.49. The summed E-state index contributed by atoms with van der Waals surface area (Å²) < 4.78 is 8.90. The number of nitrogens with zero attached hydrogens (tertiary/aromatic N) is 2. The fraction of sp³-hybridized carbons (Fsp3) is 0.0435. The molecular formula is C69H48N2O. The SMILES string of the molecule is CC1(C)c2ccc(-c3ccccc3N(c3ccc(-c4ccccc4)cc3)c3ccc(-c4cccc5c4oc4ccccc45)cc3)cc2-c2ccc(-c3cccc4c3c3ccccc3n4-c3ccccc3)cc21. The minimum atomic E-state index is -0.203. The second-order valence-corrected chi connectivity index (χ2v) is 19.6. The van der Waals surface area contributed by atoms with Crippen molar-refractivity contribution in [3.8, 4) is 61.3 Å². The standard InChI is InChI=1S/C69H48N2O/c1-69(2)61-42-36-48(43-60(61)56-41-35-49(44-62(56)69)54-24-16-29-65-67(54)59-23-10-13-28-64(59)71(65)50-19-7-4-8-20-50)53-21-9-12-27-63(53)70(51-37-31-46(32-38-51)45-17-5-3-6-18-45)52-39-33-47(34-40-52)55-25-15-26-58-57-22-11-14-30-66(57)72-68(55)58/h3-44H,1-2H3. The van der Waals surface area contributed by atoms with E-state index in [2.05, 4.69) is 266 Å². The molecule has 1 aliphatic rings. The molecule has 0 aliphatic heterocycles. The molecule has 11 aromatic carbocycles. The van der Waals surface area contributed by atoms with Gasteiger partial charge in [0.15, 0.2) is 0 Å². The zero-order valence-corrected chi connectivity index (χ0v) is 40.1. The van der Waals surface area contributed by atoms with E-state index in [-0.39, 0.29) is 5.41 Å². The first-order valence-electron chi connectivity index (χ1n) is 24.9. The zero-order valence-electron chi connectivity index (χ0n) is 40.1. The fourth-order valence-corrected chi connectivity index (χ4v) is 11.7. The molecule has 1 aliphatic carbocycles. The number of benzene rings is 11. The van der Waals surface area contributed by atoms with Crippen LogP contribution in [-0.2, 0) is 5.41 Å². The maximum atomic E-state index is 6.49. The Balaban J connectivity index is 0.875. The van der Waals surface area contributed by atoms with E-state index >= 15 is 0 Å². The highest BCUT2D eigenvalue weighted by atomic mass is 16.3. The Morgan fingerprint density at radius 2 is 0.931 bits per heavy atom. The van der Waals surface area contributed by atoms with Crippen LogP contribution in [0.1, 0.15) is 25.0 Å². The van der Waals surface area contributed by atoms with E-state index < -0.39 is 0 Å². The first-order valence-corrected chi connectivity index (χ1v) is 24.9. The lowest BCUT2D eigenvalue weighted by molar-refractivity contribution is 0.660. The van der Waals surface area contributed by atoms with Gasteiger partial charge in [0.1, 0.15) is 11.2 Å². The molecule has 3 heteroatoms. The molecule has 0 radical (unpaired) electrons. The molecule has 340 valence electrons. The van der Waals surface area contributed by atoms with Gasteiger partial charge >= 0.3 is 0 Å². The number of aromatic nitrogens is 1. The molecule has 2 aromatic heterocycles. The van der Waals surface area contributed by atoms with Gasteiger partial charge in [-0.15, -0.1) is 0 Å². The molecule has 0 unspecified atom stereocenters. The van der Waals surface area contributed by atoms with Gasteiger partial charge < -0.3 is 13.9 Å². The molecule has 2 heterocycles. The van der Waals surface area contributed by atoms with Crippen LogP contribution in [0.3, 0.4) is 0 Å². The number of hydrogen-bond donors (Lipinski definition) is 0. The molecule has 0 N–H and O–H groups in total. The molecule has 14 rings (SSSR count). The van der Waals surface area contributed by atoms with Crippen molar-refractivity contribution in [1.29, 1.82) is 0 Å². The number of para-hydroxylation sites is 5. The molecule has 3 nitrogen and oxygen atoms in total. The Morgan fingerprint density at radius 1 is 0.361 bits per heavy atom. The second-order valence-electron chi connectivity index (χ2n) is 19.6. The first kappa shape index (κ1) is 41.8. The van der Waals surface area contributed by atoms with Crippen LogP contribution in [0.25, 0.3) is 105 Å². The largest absolute Gasteiger partial charge is 0.455 e. The number of fused-ring (bicyclic) bond motifs is 9. The molecular weight excluding hydrogens is 873 g/mol. The van der Waals surface area contributed by atoms with E-state index in [9.17, 15) is 0 Å². The lowest BCUT2D eigenvalue weighted by atomic mass is 9.81. The van der Waals surface area contributed by atoms with E-state index in [0.29, 0.717) is 0 Å². The molecule has 13 aromatic rings. The highest BCUT2D eigenvalue weighted by Gasteiger charge is 2.36. The van der Waals surface area contributed by atoms with Crippen molar-refractivity contribution in [2.24, 2.45) is 0 Å². The Hall–Kier alpha value is -9.18. The minimum absolute atomic E-state index is 0.203. The average molecular weight is 921 g/mol. The van der Waals surface area contributed by atoms with E-state index in [4.69, 9.17) is 4.42 Å². The van der Waals surface area contributed by atoms with Gasteiger partial charge in [0.2, 0.25) is 0 Å². The van der Waals surface area contributed by atoms with Crippen LogP contribution >= 0.6 is 0 Å². The monoisotopic (exact) mass is 920 g/mol. The molecule has 0 saturated carbocycles. The van der Waals surface area contributed by atoms with Gasteiger partial charge in [-0.2, -0.15) is 0 Å². The fourth-order valence-electron chi connectivity index (χ4n) is 11.7. The summed E-state index contributed by atoms with van der Waals surface area (Å²) in [5.74, 6) is 0. The van der Waals surface area contributed by atoms with Gasteiger partial charge in [0.05, 0.1) is 16.7 Å². The van der Waals surface area contributed by atoms with Crippen LogP contribution in [0.4, 0.5) is 17.1 Å². The van der Waals surface area contributed by atoms with Gasteiger partial charge in [0, 0.05) is 55.1 Å². The normalized spacial score (nSPS) is 12.7. The number of furan rings is 1. The minimum Gasteiger partial charge on any atom is -0.455 e. The van der Waals surface area contributed by atoms with Crippen molar-refractivity contribution in [2.75, 3.05) is 4.90 Å². The van der Waals surface area contributed by atoms with Gasteiger partial charge in [-0.1, -0.05) is 196 Å². The molecule has 72 heavy (non-hydrogen) atoms. The Labute approximate surface area is 419 Å². The predicted molar refractivity (Wildman–Crippen MR) is 302 cm³/mol. The van der Waals surface area contributed by atoms with Crippen molar-refractivity contribution < 1.29 is 4.42 Å². The summed E-state index contributed by atoms with van der Waals surface area (Å²) in [6, 6.07) is 92.8. The number of hydrogen-bond acceptors (Lipinski definition) is 2. The Morgan fingerprint density at radius 3 is 1.74 bits per heavy atom. The van der Waals surface area contributed by atoms with Crippen LogP contribution in [0, 0.1) is 0 Å². The lowest BCUT2D eigenvalue weighted by Crippen LogP contribution is -2.15. The topological polar surface area (TPSA) is 21.3 Å². The molecule has 0 spiro atoms. The van der Waals surface area contributed by atoms with Crippen LogP contribution in [0.5, 0.6) is 0 Å². The zero-order chi connectivity index (χ0) is 47.9. The van der Waals surface area contributed by atoms with Crippen molar-refractivity contribution in [3.05, 3.63) is 266 Å². The van der Waals surface area contributed by atoms with Gasteiger partial charge in [-0.05, 0) is 128 Å². The number of anilines is 3. The van der Waals surface area contributed by atoms with Gasteiger partial charge in [-0.3, -0.25) is 0 Å². The summed E-state index contributed by atoms with van der Waals surface area (Å²) in [5.41, 5.74) is 23.1. The van der Waals surface area contributed by atoms with Crippen molar-refractivity contribution in [3.63, 3.8) is 0 Å². The van der Waals surface area contributed by atoms with Crippen molar-refractivity contribution in [2.45, 2.75) is 19.3 Å². The summed E-state index contributed by atoms with van der Waals surface area (Å²) in [7, 11) is 0. The Bertz CT molecular complexity index is 4220. The van der Waals surface area contributed by atoms with E-state index in [1.54, 1.807) is 0 Å². The molecule has 0 saturated heterocycles. The van der Waals surface area contributed by atoms with Gasteiger partial charge in [-0.25, -0.2) is 0 Å².